The molecule has 0 aromatic heterocycles. The smallest absolute Gasteiger partial charge is 0.0579 e. The summed E-state index contributed by atoms with van der Waals surface area (Å²) < 4.78 is 9.84. The van der Waals surface area contributed by atoms with Gasteiger partial charge in [-0.3, -0.25) is 0 Å². The van der Waals surface area contributed by atoms with E-state index in [9.17, 15) is 2.81 Å². The van der Waals surface area contributed by atoms with Crippen LogP contribution in [-0.2, 0) is 24.7 Å². The molecule has 0 heterocycles. The Kier molecular flexibility index (Phi) is 7.87. The summed E-state index contributed by atoms with van der Waals surface area (Å²) in [7, 11) is 0. The van der Waals surface area contributed by atoms with Crippen molar-refractivity contribution in [2.24, 2.45) is 0 Å². The van der Waals surface area contributed by atoms with Gasteiger partial charge < -0.3 is 0 Å². The zero-order valence-corrected chi connectivity index (χ0v) is 18.8. The molecule has 0 amide bonds. The first-order chi connectivity index (χ1) is 12.0. The second kappa shape index (κ2) is 9.89. The minimum absolute atomic E-state index is 0.260. The summed E-state index contributed by atoms with van der Waals surface area (Å²) in [4.78, 5) is 0. The average Bonchev–Trinajstić information content (AvgIpc) is 3.16. The van der Waals surface area contributed by atoms with Crippen LogP contribution in [0.15, 0.2) is 72.8 Å². The van der Waals surface area contributed by atoms with Crippen LogP contribution in [0.4, 0.5) is 0 Å². The Morgan fingerprint density at radius 2 is 1.12 bits per heavy atom. The monoisotopic (exact) mass is 422 g/mol. The molecule has 0 N–H and O–H groups in total. The van der Waals surface area contributed by atoms with E-state index in [1.807, 2.05) is 0 Å². The largest absolute Gasteiger partial charge is 0.165 e. The molecule has 0 spiro atoms. The third kappa shape index (κ3) is 6.41. The van der Waals surface area contributed by atoms with Crippen LogP contribution in [0.3, 0.4) is 0 Å². The Hall–Kier alpha value is -1.44. The van der Waals surface area contributed by atoms with Crippen LogP contribution < -0.4 is 0 Å². The van der Waals surface area contributed by atoms with Crippen LogP contribution in [0.1, 0.15) is 11.1 Å². The SMILES string of the molecule is C[Si](C)=[Zr]=[O].Cc1cc2ccccc2[cH-]1.Cc1cc2ccccc2[cH-]1. The third-order valence-electron chi connectivity index (χ3n) is 3.73. The number of benzene rings is 2. The summed E-state index contributed by atoms with van der Waals surface area (Å²) in [6.45, 7) is 8.42. The van der Waals surface area contributed by atoms with E-state index in [1.54, 1.807) is 0 Å². The normalized spacial score (nSPS) is 9.60. The van der Waals surface area contributed by atoms with Crippen molar-refractivity contribution in [3.8, 4) is 0 Å². The molecule has 0 saturated heterocycles. The molecule has 3 heteroatoms. The van der Waals surface area contributed by atoms with Gasteiger partial charge in [-0.25, -0.2) is 0 Å². The first-order valence-corrected chi connectivity index (χ1v) is 15.6. The van der Waals surface area contributed by atoms with E-state index in [4.69, 9.17) is 0 Å². The molecule has 0 aliphatic carbocycles. The molecule has 0 bridgehead atoms. The van der Waals surface area contributed by atoms with Crippen molar-refractivity contribution in [2.45, 2.75) is 26.9 Å². The second-order valence-electron chi connectivity index (χ2n) is 6.43. The van der Waals surface area contributed by atoms with E-state index in [-0.39, 0.29) is 5.43 Å². The van der Waals surface area contributed by atoms with Crippen molar-refractivity contribution < 1.29 is 24.7 Å². The second-order valence-corrected chi connectivity index (χ2v) is 17.5. The first kappa shape index (κ1) is 19.9. The van der Waals surface area contributed by atoms with Crippen molar-refractivity contribution in [2.75, 3.05) is 0 Å². The van der Waals surface area contributed by atoms with E-state index in [0.717, 1.165) is 0 Å². The molecular formula is C22H24OSiZr-2. The molecule has 128 valence electrons. The van der Waals surface area contributed by atoms with Crippen LogP contribution in [0.5, 0.6) is 0 Å². The van der Waals surface area contributed by atoms with Gasteiger partial charge in [0.1, 0.15) is 0 Å². The minimum Gasteiger partial charge on any atom is -0.165 e. The molecule has 0 fully saturated rings. The predicted octanol–water partition coefficient (Wildman–Crippen LogP) is 6.40. The molecular weight excluding hydrogens is 400 g/mol. The minimum atomic E-state index is -1.01. The zero-order valence-electron chi connectivity index (χ0n) is 15.3. The third-order valence-corrected chi connectivity index (χ3v) is 7.15. The molecule has 0 aliphatic rings. The molecule has 0 radical (unpaired) electrons. The van der Waals surface area contributed by atoms with Crippen molar-refractivity contribution in [3.63, 3.8) is 0 Å². The van der Waals surface area contributed by atoms with Gasteiger partial charge in [0.2, 0.25) is 0 Å². The molecule has 0 aliphatic heterocycles. The predicted molar refractivity (Wildman–Crippen MR) is 107 cm³/mol. The average molecular weight is 424 g/mol. The summed E-state index contributed by atoms with van der Waals surface area (Å²) in [5.41, 5.74) is 2.44. The van der Waals surface area contributed by atoms with Crippen molar-refractivity contribution in [1.82, 2.24) is 0 Å². The first-order valence-electron chi connectivity index (χ1n) is 8.42. The van der Waals surface area contributed by atoms with Crippen molar-refractivity contribution in [3.05, 3.63) is 83.9 Å². The number of hydrogen-bond donors (Lipinski definition) is 0. The molecule has 1 nitrogen and oxygen atoms in total. The molecule has 0 unspecified atom stereocenters. The quantitative estimate of drug-likeness (QED) is 0.236. The molecule has 0 atom stereocenters. The Morgan fingerprint density at radius 1 is 0.760 bits per heavy atom. The van der Waals surface area contributed by atoms with Gasteiger partial charge in [-0.15, -0.1) is 81.2 Å². The van der Waals surface area contributed by atoms with Crippen LogP contribution in [0.25, 0.3) is 21.5 Å². The number of hydrogen-bond acceptors (Lipinski definition) is 1. The molecule has 4 aromatic rings. The fraction of sp³-hybridized carbons (Fsp3) is 0.182. The maximum absolute atomic E-state index is 9.84. The summed E-state index contributed by atoms with van der Waals surface area (Å²) in [6, 6.07) is 25.7. The van der Waals surface area contributed by atoms with Gasteiger partial charge in [0.25, 0.3) is 0 Å². The maximum atomic E-state index is 9.84. The summed E-state index contributed by atoms with van der Waals surface area (Å²) >= 11 is -1.01. The Labute approximate surface area is 162 Å². The Balaban J connectivity index is 0.000000144. The number of rotatable bonds is 0. The van der Waals surface area contributed by atoms with Gasteiger partial charge in [-0.05, 0) is 0 Å². The number of aryl methyl sites for hydroxylation is 2. The van der Waals surface area contributed by atoms with Crippen LogP contribution in [0.2, 0.25) is 13.1 Å². The maximum Gasteiger partial charge on any atom is -0.0579 e. The standard InChI is InChI=1S/2C10H9.C2H6Si.O.Zr/c2*1-8-6-9-4-2-3-5-10(9)7-8;1-3-2;;/h2*2-7H,1H3;1-2H3;;/q2*-1;;;. The summed E-state index contributed by atoms with van der Waals surface area (Å²) in [5, 5.41) is 5.39. The van der Waals surface area contributed by atoms with E-state index in [1.165, 1.54) is 32.7 Å². The van der Waals surface area contributed by atoms with E-state index >= 15 is 0 Å². The molecule has 25 heavy (non-hydrogen) atoms. The van der Waals surface area contributed by atoms with Gasteiger partial charge in [-0.1, -0.05) is 26.0 Å². The fourth-order valence-corrected chi connectivity index (χ4v) is 2.61. The topological polar surface area (TPSA) is 17.1 Å². The molecule has 4 aromatic carbocycles. The number of fused-ring (bicyclic) bond motifs is 2. The van der Waals surface area contributed by atoms with Crippen molar-refractivity contribution in [1.29, 1.82) is 0 Å². The van der Waals surface area contributed by atoms with Gasteiger partial charge in [0.05, 0.1) is 0 Å². The van der Waals surface area contributed by atoms with Crippen molar-refractivity contribution >= 4 is 27.0 Å². The van der Waals surface area contributed by atoms with Gasteiger partial charge >= 0.3 is 43.2 Å². The molecule has 4 rings (SSSR count). The summed E-state index contributed by atoms with van der Waals surface area (Å²) in [6.07, 6.45) is 0. The van der Waals surface area contributed by atoms with Gasteiger partial charge in [0, 0.05) is 0 Å². The Morgan fingerprint density at radius 3 is 1.44 bits per heavy atom. The fourth-order valence-electron chi connectivity index (χ4n) is 2.61. The van der Waals surface area contributed by atoms with Crippen LogP contribution in [0, 0.1) is 13.8 Å². The Bertz CT molecular complexity index is 861. The van der Waals surface area contributed by atoms with Gasteiger partial charge in [0.15, 0.2) is 0 Å². The van der Waals surface area contributed by atoms with Crippen LogP contribution >= 0.6 is 0 Å². The van der Waals surface area contributed by atoms with Gasteiger partial charge in [-0.2, -0.15) is 12.1 Å². The molecule has 0 saturated carbocycles. The van der Waals surface area contributed by atoms with Crippen LogP contribution in [-0.4, -0.2) is 5.43 Å². The zero-order chi connectivity index (χ0) is 18.2. The van der Waals surface area contributed by atoms with E-state index in [2.05, 4.69) is 99.7 Å². The van der Waals surface area contributed by atoms with E-state index in [0.29, 0.717) is 0 Å². The van der Waals surface area contributed by atoms with E-state index < -0.39 is 21.9 Å². The summed E-state index contributed by atoms with van der Waals surface area (Å²) in [5.74, 6) is 0.